The molecule has 3 rings (SSSR count). The number of hydrogen-bond donors (Lipinski definition) is 0. The highest BCUT2D eigenvalue weighted by Gasteiger charge is 2.29. The average molecular weight is 473 g/mol. The monoisotopic (exact) mass is 472 g/mol. The Morgan fingerprint density at radius 2 is 1.12 bits per heavy atom. The molecular formula is C25H28O5S2. The molecule has 0 aliphatic rings. The minimum atomic E-state index is -4.04. The van der Waals surface area contributed by atoms with Crippen LogP contribution in [-0.2, 0) is 19.7 Å². The first-order chi connectivity index (χ1) is 14.8. The zero-order valence-electron chi connectivity index (χ0n) is 19.1. The van der Waals surface area contributed by atoms with E-state index >= 15 is 0 Å². The van der Waals surface area contributed by atoms with Gasteiger partial charge in [-0.1, -0.05) is 24.3 Å². The van der Waals surface area contributed by atoms with Crippen molar-refractivity contribution in [1.82, 2.24) is 0 Å². The molecule has 0 radical (unpaired) electrons. The number of hydrogen-bond acceptors (Lipinski definition) is 5. The van der Waals surface area contributed by atoms with Crippen molar-refractivity contribution >= 4 is 19.7 Å². The Labute approximate surface area is 190 Å². The predicted molar refractivity (Wildman–Crippen MR) is 125 cm³/mol. The van der Waals surface area contributed by atoms with Crippen molar-refractivity contribution in [3.8, 4) is 5.75 Å². The smallest absolute Gasteiger partial charge is 0.210 e. The summed E-state index contributed by atoms with van der Waals surface area (Å²) in [7, 11) is -7.98. The lowest BCUT2D eigenvalue weighted by Gasteiger charge is -2.17. The fourth-order valence-corrected chi connectivity index (χ4v) is 6.87. The molecule has 0 unspecified atom stereocenters. The minimum Gasteiger partial charge on any atom is -0.490 e. The van der Waals surface area contributed by atoms with Gasteiger partial charge in [0.15, 0.2) is 0 Å². The molecule has 170 valence electrons. The molecule has 3 aromatic carbocycles. The summed E-state index contributed by atoms with van der Waals surface area (Å²) < 4.78 is 60.0. The van der Waals surface area contributed by atoms with Gasteiger partial charge in [0, 0.05) is 0 Å². The van der Waals surface area contributed by atoms with E-state index in [4.69, 9.17) is 4.74 Å². The van der Waals surface area contributed by atoms with Crippen LogP contribution in [0.3, 0.4) is 0 Å². The first kappa shape index (κ1) is 24.0. The van der Waals surface area contributed by atoms with Crippen LogP contribution in [0.4, 0.5) is 0 Å². The predicted octanol–water partition coefficient (Wildman–Crippen LogP) is 5.37. The molecule has 0 N–H and O–H groups in total. The van der Waals surface area contributed by atoms with Crippen LogP contribution in [0.25, 0.3) is 0 Å². The van der Waals surface area contributed by atoms with E-state index in [1.54, 1.807) is 52.0 Å². The largest absolute Gasteiger partial charge is 0.490 e. The van der Waals surface area contributed by atoms with Crippen molar-refractivity contribution in [1.29, 1.82) is 0 Å². The molecule has 0 aliphatic heterocycles. The van der Waals surface area contributed by atoms with Gasteiger partial charge in [0.1, 0.15) is 10.6 Å². The maximum absolute atomic E-state index is 13.7. The number of ether oxygens (including phenoxy) is 1. The number of benzene rings is 3. The molecule has 0 aromatic heterocycles. The third-order valence-corrected chi connectivity index (χ3v) is 8.95. The number of sulfone groups is 2. The molecule has 32 heavy (non-hydrogen) atoms. The van der Waals surface area contributed by atoms with E-state index in [-0.39, 0.29) is 31.4 Å². The van der Waals surface area contributed by atoms with E-state index in [9.17, 15) is 16.8 Å². The first-order valence-electron chi connectivity index (χ1n) is 10.3. The molecule has 3 aromatic rings. The Bertz CT molecular complexity index is 1390. The Hall–Kier alpha value is -2.64. The van der Waals surface area contributed by atoms with Gasteiger partial charge in [0.05, 0.1) is 20.8 Å². The summed E-state index contributed by atoms with van der Waals surface area (Å²) in [6.07, 6.45) is -0.288. The lowest BCUT2D eigenvalue weighted by Crippen LogP contribution is -2.13. The fraction of sp³-hybridized carbons (Fsp3) is 0.280. The SMILES string of the molecule is Cc1ccc(C)c(S(=O)(=O)c2ccc(OC(C)C)c(S(=O)(=O)c3cc(C)ccc3C)c2)c1. The van der Waals surface area contributed by atoms with Gasteiger partial charge in [-0.2, -0.15) is 0 Å². The summed E-state index contributed by atoms with van der Waals surface area (Å²) >= 11 is 0. The lowest BCUT2D eigenvalue weighted by atomic mass is 10.2. The summed E-state index contributed by atoms with van der Waals surface area (Å²) in [5.41, 5.74) is 2.77. The second-order valence-corrected chi connectivity index (χ2v) is 12.1. The van der Waals surface area contributed by atoms with Gasteiger partial charge in [0.2, 0.25) is 19.7 Å². The summed E-state index contributed by atoms with van der Waals surface area (Å²) in [6.45, 7) is 10.6. The molecule has 0 atom stereocenters. The molecule has 0 saturated heterocycles. The molecule has 0 saturated carbocycles. The Morgan fingerprint density at radius 1 is 0.625 bits per heavy atom. The highest BCUT2D eigenvalue weighted by molar-refractivity contribution is 7.92. The van der Waals surface area contributed by atoms with Crippen LogP contribution in [-0.4, -0.2) is 22.9 Å². The van der Waals surface area contributed by atoms with E-state index in [0.29, 0.717) is 11.1 Å². The molecule has 5 nitrogen and oxygen atoms in total. The van der Waals surface area contributed by atoms with Crippen LogP contribution in [0.1, 0.15) is 36.1 Å². The molecule has 7 heteroatoms. The third kappa shape index (κ3) is 4.59. The molecule has 0 spiro atoms. The number of rotatable bonds is 6. The third-order valence-electron chi connectivity index (χ3n) is 5.14. The van der Waals surface area contributed by atoms with E-state index in [2.05, 4.69) is 0 Å². The standard InChI is InChI=1S/C25H28O5S2/c1-16(2)30-22-12-11-21(31(26,27)23-13-17(3)7-9-19(23)5)15-25(22)32(28,29)24-14-18(4)8-10-20(24)6/h7-16H,1-6H3. The zero-order chi connectivity index (χ0) is 23.8. The van der Waals surface area contributed by atoms with Crippen molar-refractivity contribution in [3.05, 3.63) is 76.9 Å². The Kier molecular flexibility index (Phi) is 6.54. The highest BCUT2D eigenvalue weighted by Crippen LogP contribution is 2.36. The summed E-state index contributed by atoms with van der Waals surface area (Å²) in [6, 6.07) is 14.4. The van der Waals surface area contributed by atoms with E-state index in [1.807, 2.05) is 26.0 Å². The van der Waals surface area contributed by atoms with Crippen molar-refractivity contribution in [2.75, 3.05) is 0 Å². The van der Waals surface area contributed by atoms with Crippen LogP contribution in [0.15, 0.2) is 74.2 Å². The van der Waals surface area contributed by atoms with Crippen LogP contribution in [0.2, 0.25) is 0 Å². The van der Waals surface area contributed by atoms with Crippen LogP contribution < -0.4 is 4.74 Å². The van der Waals surface area contributed by atoms with Crippen molar-refractivity contribution in [3.63, 3.8) is 0 Å². The maximum Gasteiger partial charge on any atom is 0.210 e. The second-order valence-electron chi connectivity index (χ2n) is 8.32. The van der Waals surface area contributed by atoms with Crippen LogP contribution >= 0.6 is 0 Å². The maximum atomic E-state index is 13.7. The molecular weight excluding hydrogens is 444 g/mol. The average Bonchev–Trinajstić information content (AvgIpc) is 2.71. The first-order valence-corrected chi connectivity index (χ1v) is 13.3. The normalized spacial score (nSPS) is 12.2. The van der Waals surface area contributed by atoms with Crippen molar-refractivity contribution < 1.29 is 21.6 Å². The molecule has 0 heterocycles. The minimum absolute atomic E-state index is 0.0915. The van der Waals surface area contributed by atoms with Crippen molar-refractivity contribution in [2.24, 2.45) is 0 Å². The van der Waals surface area contributed by atoms with E-state index in [0.717, 1.165) is 11.1 Å². The van der Waals surface area contributed by atoms with Crippen LogP contribution in [0.5, 0.6) is 5.75 Å². The second kappa shape index (κ2) is 8.71. The van der Waals surface area contributed by atoms with Gasteiger partial charge in [0.25, 0.3) is 0 Å². The van der Waals surface area contributed by atoms with Gasteiger partial charge in [-0.25, -0.2) is 16.8 Å². The summed E-state index contributed by atoms with van der Waals surface area (Å²) in [4.78, 5) is 0.0370. The van der Waals surface area contributed by atoms with Crippen molar-refractivity contribution in [2.45, 2.75) is 67.2 Å². The zero-order valence-corrected chi connectivity index (χ0v) is 20.8. The summed E-state index contributed by atoms with van der Waals surface area (Å²) in [5.74, 6) is 0.126. The van der Waals surface area contributed by atoms with Crippen LogP contribution in [0, 0.1) is 27.7 Å². The van der Waals surface area contributed by atoms with Gasteiger partial charge in [-0.3, -0.25) is 0 Å². The van der Waals surface area contributed by atoms with Gasteiger partial charge < -0.3 is 4.74 Å². The number of aryl methyl sites for hydroxylation is 4. The topological polar surface area (TPSA) is 77.5 Å². The van der Waals surface area contributed by atoms with E-state index < -0.39 is 19.7 Å². The molecule has 0 amide bonds. The quantitative estimate of drug-likeness (QED) is 0.482. The Balaban J connectivity index is 2.29. The highest BCUT2D eigenvalue weighted by atomic mass is 32.2. The van der Waals surface area contributed by atoms with Gasteiger partial charge in [-0.05, 0) is 94.1 Å². The van der Waals surface area contributed by atoms with E-state index in [1.165, 1.54) is 18.2 Å². The molecule has 0 bridgehead atoms. The lowest BCUT2D eigenvalue weighted by molar-refractivity contribution is 0.236. The van der Waals surface area contributed by atoms with Gasteiger partial charge in [-0.15, -0.1) is 0 Å². The molecule has 0 aliphatic carbocycles. The van der Waals surface area contributed by atoms with Gasteiger partial charge >= 0.3 is 0 Å². The Morgan fingerprint density at radius 3 is 1.62 bits per heavy atom. The summed E-state index contributed by atoms with van der Waals surface area (Å²) in [5, 5.41) is 0. The fourth-order valence-electron chi connectivity index (χ4n) is 3.46. The molecule has 0 fully saturated rings.